The summed E-state index contributed by atoms with van der Waals surface area (Å²) in [6, 6.07) is 55.2. The quantitative estimate of drug-likeness (QED) is 0.0931. The molecule has 0 radical (unpaired) electrons. The molecule has 0 aromatic heterocycles. The van der Waals surface area contributed by atoms with E-state index in [1.54, 1.807) is 14.2 Å². The molecule has 0 fully saturated rings. The molecule has 17 nitrogen and oxygen atoms in total. The molecule has 6 aliphatic heterocycles. The van der Waals surface area contributed by atoms with Gasteiger partial charge in [0.2, 0.25) is 20.4 Å². The molecule has 0 bridgehead atoms. The van der Waals surface area contributed by atoms with Crippen molar-refractivity contribution in [1.82, 2.24) is 0 Å². The van der Waals surface area contributed by atoms with E-state index >= 15 is 0 Å². The first kappa shape index (κ1) is 56.0. The summed E-state index contributed by atoms with van der Waals surface area (Å²) >= 11 is 0. The van der Waals surface area contributed by atoms with Crippen molar-refractivity contribution < 1.29 is 80.7 Å². The highest BCUT2D eigenvalue weighted by atomic mass is 16.7. The van der Waals surface area contributed by atoms with Crippen LogP contribution in [0.3, 0.4) is 0 Å². The number of hydrogen-bond acceptors (Lipinski definition) is 17. The molecule has 0 amide bonds. The van der Waals surface area contributed by atoms with Crippen molar-refractivity contribution in [2.75, 3.05) is 55.9 Å². The molecular weight excluding hydrogens is 1100 g/mol. The fourth-order valence-electron chi connectivity index (χ4n) is 11.4. The van der Waals surface area contributed by atoms with E-state index in [0.717, 1.165) is 78.7 Å². The lowest BCUT2D eigenvalue weighted by Gasteiger charge is -2.38. The van der Waals surface area contributed by atoms with Gasteiger partial charge in [-0.2, -0.15) is 0 Å². The third-order valence-corrected chi connectivity index (χ3v) is 15.6. The van der Waals surface area contributed by atoms with Crippen LogP contribution in [-0.4, -0.2) is 73.8 Å². The topological polar surface area (TPSA) is 180 Å². The minimum absolute atomic E-state index is 0.171. The Hall–Kier alpha value is -10.6. The third kappa shape index (κ3) is 10.7. The summed E-state index contributed by atoms with van der Waals surface area (Å²) in [4.78, 5) is 38.6. The zero-order chi connectivity index (χ0) is 59.4. The second kappa shape index (κ2) is 24.3. The Labute approximate surface area is 495 Å². The number of para-hydroxylation sites is 3. The fraction of sp³-hybridized carbons (Fsp3) is 0.203. The van der Waals surface area contributed by atoms with Gasteiger partial charge < -0.3 is 66.3 Å². The van der Waals surface area contributed by atoms with Gasteiger partial charge in [-0.25, -0.2) is 9.59 Å². The predicted octanol–water partition coefficient (Wildman–Crippen LogP) is 12.5. The van der Waals surface area contributed by atoms with Crippen molar-refractivity contribution in [2.24, 2.45) is 5.92 Å². The van der Waals surface area contributed by atoms with Gasteiger partial charge in [0.25, 0.3) is 0 Å². The zero-order valence-electron chi connectivity index (χ0n) is 47.7. The second-order valence-corrected chi connectivity index (χ2v) is 20.2. The van der Waals surface area contributed by atoms with Crippen LogP contribution in [-0.2, 0) is 28.6 Å². The van der Waals surface area contributed by atoms with E-state index in [4.69, 9.17) is 66.3 Å². The minimum atomic E-state index is -0.672. The molecule has 0 saturated carbocycles. The molecule has 86 heavy (non-hydrogen) atoms. The number of fused-ring (bicyclic) bond motifs is 6. The van der Waals surface area contributed by atoms with Crippen molar-refractivity contribution in [3.8, 4) is 63.2 Å². The van der Waals surface area contributed by atoms with Crippen molar-refractivity contribution in [3.63, 3.8) is 0 Å². The highest BCUT2D eigenvalue weighted by molar-refractivity contribution is 6.05. The normalized spacial score (nSPS) is 18.5. The number of benzene rings is 8. The Bertz CT molecular complexity index is 3940. The molecule has 0 saturated heterocycles. The Balaban J connectivity index is 0.000000127. The zero-order valence-corrected chi connectivity index (χ0v) is 47.7. The van der Waals surface area contributed by atoms with Gasteiger partial charge in [0.05, 0.1) is 46.7 Å². The van der Waals surface area contributed by atoms with Crippen LogP contribution in [0.2, 0.25) is 0 Å². The van der Waals surface area contributed by atoms with Gasteiger partial charge in [-0.05, 0) is 108 Å². The first-order chi connectivity index (χ1) is 42.1. The lowest BCUT2D eigenvalue weighted by molar-refractivity contribution is -0.150. The third-order valence-electron chi connectivity index (χ3n) is 15.6. The standard InChI is InChI=1S/C25H22O6.C25H20O6.C19H16O5/c2*1-27-17-10-7-15(8-11-17)22-18-5-3-4-6-19(18)31-24(23(22)25(26)28-2)16-9-12-20-21(13-16)30-14-29-20;1-11-13-5-3-4-6-14(13)24-18(17(11)19(20)21-2)12-7-8-15-16(9-12)23-10-22-15/h3-13,22-24H,14H2,1-2H3;3-13,24H,14H2,1-2H3;3-9,18H,10H2,1-2H3. The van der Waals surface area contributed by atoms with E-state index in [0.29, 0.717) is 51.4 Å². The van der Waals surface area contributed by atoms with Crippen LogP contribution in [0.4, 0.5) is 0 Å². The van der Waals surface area contributed by atoms with Gasteiger partial charge in [-0.15, -0.1) is 0 Å². The maximum absolute atomic E-state index is 13.1. The van der Waals surface area contributed by atoms with E-state index in [-0.39, 0.29) is 32.3 Å². The maximum Gasteiger partial charge on any atom is 0.338 e. The summed E-state index contributed by atoms with van der Waals surface area (Å²) in [5.74, 6) is 5.58. The molecule has 0 spiro atoms. The second-order valence-electron chi connectivity index (χ2n) is 20.2. The first-order valence-corrected chi connectivity index (χ1v) is 27.5. The summed E-state index contributed by atoms with van der Waals surface area (Å²) in [5.41, 5.74) is 9.46. The summed E-state index contributed by atoms with van der Waals surface area (Å²) in [5, 5.41) is 0. The summed E-state index contributed by atoms with van der Waals surface area (Å²) in [6.07, 6.45) is -1.78. The highest BCUT2D eigenvalue weighted by Crippen LogP contribution is 2.52. The lowest BCUT2D eigenvalue weighted by atomic mass is 9.74. The number of ether oxygens (including phenoxy) is 14. The molecule has 6 heterocycles. The molecule has 8 aromatic rings. The number of hydrogen-bond donors (Lipinski definition) is 0. The predicted molar refractivity (Wildman–Crippen MR) is 313 cm³/mol. The smallest absolute Gasteiger partial charge is 0.338 e. The average Bonchev–Trinajstić information content (AvgIpc) is 1.63. The minimum Gasteiger partial charge on any atom is -0.497 e. The number of carbonyl (C=O) groups is 3. The number of rotatable bonds is 10. The van der Waals surface area contributed by atoms with Crippen LogP contribution >= 0.6 is 0 Å². The van der Waals surface area contributed by atoms with Crippen molar-refractivity contribution in [2.45, 2.75) is 31.2 Å². The van der Waals surface area contributed by atoms with Gasteiger partial charge in [-0.1, -0.05) is 97.1 Å². The van der Waals surface area contributed by atoms with Crippen LogP contribution in [0.5, 0.6) is 63.2 Å². The molecule has 17 heteroatoms. The lowest BCUT2D eigenvalue weighted by Crippen LogP contribution is -2.36. The van der Waals surface area contributed by atoms with Gasteiger partial charge in [-0.3, -0.25) is 4.79 Å². The number of allylic oxidation sites excluding steroid dienone is 1. The molecular formula is C69H58O17. The molecule has 0 aliphatic carbocycles. The summed E-state index contributed by atoms with van der Waals surface area (Å²) in [7, 11) is 7.40. The molecule has 5 unspecified atom stereocenters. The Kier molecular flexibility index (Phi) is 15.8. The van der Waals surface area contributed by atoms with Crippen LogP contribution in [0.25, 0.3) is 11.1 Å². The molecule has 5 atom stereocenters. The average molecular weight is 1160 g/mol. The summed E-state index contributed by atoms with van der Waals surface area (Å²) < 4.78 is 77.6. The van der Waals surface area contributed by atoms with Crippen LogP contribution in [0, 0.1) is 5.92 Å². The van der Waals surface area contributed by atoms with Crippen molar-refractivity contribution in [1.29, 1.82) is 0 Å². The molecule has 0 N–H and O–H groups in total. The molecule has 6 aliphatic rings. The highest BCUT2D eigenvalue weighted by Gasteiger charge is 2.46. The van der Waals surface area contributed by atoms with E-state index in [1.807, 2.05) is 183 Å². The molecule has 8 aromatic carbocycles. The van der Waals surface area contributed by atoms with Crippen molar-refractivity contribution in [3.05, 3.63) is 232 Å². The van der Waals surface area contributed by atoms with Crippen LogP contribution < -0.4 is 52.1 Å². The first-order valence-electron chi connectivity index (χ1n) is 27.5. The maximum atomic E-state index is 13.1. The monoisotopic (exact) mass is 1160 g/mol. The van der Waals surface area contributed by atoms with Crippen LogP contribution in [0.1, 0.15) is 75.7 Å². The van der Waals surface area contributed by atoms with E-state index in [2.05, 4.69) is 0 Å². The van der Waals surface area contributed by atoms with E-state index < -0.39 is 36.2 Å². The van der Waals surface area contributed by atoms with Gasteiger partial charge in [0.15, 0.2) is 46.7 Å². The van der Waals surface area contributed by atoms with E-state index in [9.17, 15) is 14.4 Å². The SMILES string of the molecule is COC(=O)C1=C(C)c2ccccc2OC1c1ccc2c(c1)OCO2.COC(=O)C1=C(c2ccc(OC)cc2)c2ccccc2OC1c1ccc2c(c1)OCO2.COC(=O)C1C(c2ccc3c(c2)OCO3)Oc2ccccc2C1c1ccc(OC)cc1. The Morgan fingerprint density at radius 3 is 1.40 bits per heavy atom. The van der Waals surface area contributed by atoms with Crippen molar-refractivity contribution >= 4 is 29.1 Å². The van der Waals surface area contributed by atoms with Gasteiger partial charge in [0.1, 0.15) is 40.8 Å². The molecule has 14 rings (SSSR count). The number of methoxy groups -OCH3 is 5. The Morgan fingerprint density at radius 2 is 0.849 bits per heavy atom. The number of esters is 3. The summed E-state index contributed by atoms with van der Waals surface area (Å²) in [6.45, 7) is 2.46. The number of carbonyl (C=O) groups excluding carboxylic acids is 3. The van der Waals surface area contributed by atoms with E-state index in [1.165, 1.54) is 21.3 Å². The Morgan fingerprint density at radius 1 is 0.407 bits per heavy atom. The fourth-order valence-corrected chi connectivity index (χ4v) is 11.4. The van der Waals surface area contributed by atoms with Gasteiger partial charge >= 0.3 is 17.9 Å². The molecule has 436 valence electrons. The largest absolute Gasteiger partial charge is 0.497 e. The van der Waals surface area contributed by atoms with Gasteiger partial charge in [0, 0.05) is 39.3 Å². The van der Waals surface area contributed by atoms with Crippen LogP contribution in [0.15, 0.2) is 187 Å².